The third kappa shape index (κ3) is 5.96. The van der Waals surface area contributed by atoms with E-state index in [-0.39, 0.29) is 23.6 Å². The summed E-state index contributed by atoms with van der Waals surface area (Å²) in [7, 11) is -3.39. The molecule has 1 aliphatic rings. The highest BCUT2D eigenvalue weighted by Crippen LogP contribution is 2.25. The van der Waals surface area contributed by atoms with Crippen molar-refractivity contribution in [3.8, 4) is 0 Å². The number of hydrogen-bond acceptors (Lipinski definition) is 3. The zero-order valence-electron chi connectivity index (χ0n) is 18.6. The Bertz CT molecular complexity index is 1040. The van der Waals surface area contributed by atoms with Crippen LogP contribution in [0.3, 0.4) is 0 Å². The number of sulfonamides is 1. The van der Waals surface area contributed by atoms with Crippen molar-refractivity contribution in [1.82, 2.24) is 9.62 Å². The van der Waals surface area contributed by atoms with Crippen LogP contribution in [0.15, 0.2) is 40.9 Å². The molecule has 1 amide bonds. The number of halogens is 1. The van der Waals surface area contributed by atoms with Crippen LogP contribution >= 0.6 is 15.9 Å². The van der Waals surface area contributed by atoms with Crippen LogP contribution in [-0.2, 0) is 20.6 Å². The van der Waals surface area contributed by atoms with Gasteiger partial charge in [-0.25, -0.2) is 12.7 Å². The molecule has 0 unspecified atom stereocenters. The first kappa shape index (κ1) is 24.0. The fourth-order valence-electron chi connectivity index (χ4n) is 4.14. The molecule has 0 radical (unpaired) electrons. The number of nitrogens with one attached hydrogen (secondary N) is 1. The number of nitrogens with zero attached hydrogens (tertiary/aromatic N) is 1. The highest BCUT2D eigenvalue weighted by atomic mass is 79.9. The minimum Gasteiger partial charge on any atom is -0.349 e. The molecule has 1 saturated heterocycles. The van der Waals surface area contributed by atoms with E-state index in [1.807, 2.05) is 31.2 Å². The lowest BCUT2D eigenvalue weighted by Crippen LogP contribution is -2.43. The summed E-state index contributed by atoms with van der Waals surface area (Å²) < 4.78 is 28.0. The van der Waals surface area contributed by atoms with Crippen LogP contribution in [0.2, 0.25) is 0 Å². The molecule has 168 valence electrons. The van der Waals surface area contributed by atoms with Crippen LogP contribution in [-0.4, -0.2) is 31.7 Å². The van der Waals surface area contributed by atoms with Crippen LogP contribution in [0.5, 0.6) is 0 Å². The van der Waals surface area contributed by atoms with Gasteiger partial charge in [0.1, 0.15) is 0 Å². The van der Waals surface area contributed by atoms with Gasteiger partial charge < -0.3 is 5.32 Å². The van der Waals surface area contributed by atoms with E-state index in [9.17, 15) is 13.2 Å². The lowest BCUT2D eigenvalue weighted by molar-refractivity contribution is -0.126. The molecule has 3 rings (SSSR count). The highest BCUT2D eigenvalue weighted by Gasteiger charge is 2.31. The molecule has 0 spiro atoms. The second kappa shape index (κ2) is 9.84. The van der Waals surface area contributed by atoms with Crippen molar-refractivity contribution < 1.29 is 13.2 Å². The molecule has 0 aromatic heterocycles. The van der Waals surface area contributed by atoms with E-state index < -0.39 is 10.0 Å². The van der Waals surface area contributed by atoms with Gasteiger partial charge in [0.15, 0.2) is 0 Å². The predicted molar refractivity (Wildman–Crippen MR) is 128 cm³/mol. The lowest BCUT2D eigenvalue weighted by atomic mass is 9.94. The van der Waals surface area contributed by atoms with Crippen molar-refractivity contribution in [2.45, 2.75) is 52.3 Å². The summed E-state index contributed by atoms with van der Waals surface area (Å²) in [5.74, 6) is -0.163. The molecule has 1 atom stereocenters. The number of benzene rings is 2. The van der Waals surface area contributed by atoms with E-state index in [2.05, 4.69) is 54.2 Å². The Hall–Kier alpha value is -1.70. The van der Waals surface area contributed by atoms with E-state index in [0.29, 0.717) is 25.9 Å². The highest BCUT2D eigenvalue weighted by molar-refractivity contribution is 9.10. The van der Waals surface area contributed by atoms with E-state index in [4.69, 9.17) is 0 Å². The molecule has 1 fully saturated rings. The van der Waals surface area contributed by atoms with Gasteiger partial charge in [0.05, 0.1) is 11.8 Å². The Kier molecular flexibility index (Phi) is 7.60. The molecular weight excluding hydrogens is 476 g/mol. The molecule has 2 aromatic carbocycles. The Labute approximate surface area is 194 Å². The first-order valence-corrected chi connectivity index (χ1v) is 13.1. The summed E-state index contributed by atoms with van der Waals surface area (Å²) in [4.78, 5) is 12.8. The molecule has 1 aliphatic heterocycles. The van der Waals surface area contributed by atoms with Crippen molar-refractivity contribution in [1.29, 1.82) is 0 Å². The van der Waals surface area contributed by atoms with Crippen LogP contribution < -0.4 is 5.32 Å². The quantitative estimate of drug-likeness (QED) is 0.611. The fourth-order valence-corrected chi connectivity index (χ4v) is 5.96. The van der Waals surface area contributed by atoms with Crippen molar-refractivity contribution in [3.63, 3.8) is 0 Å². The van der Waals surface area contributed by atoms with Gasteiger partial charge in [-0.1, -0.05) is 40.2 Å². The van der Waals surface area contributed by atoms with Crippen LogP contribution in [0, 0.1) is 26.7 Å². The number of hydrogen-bond donors (Lipinski definition) is 1. The second-order valence-electron chi connectivity index (χ2n) is 8.58. The third-order valence-electron chi connectivity index (χ3n) is 6.19. The molecule has 2 aromatic rings. The Morgan fingerprint density at radius 2 is 1.65 bits per heavy atom. The fraction of sp³-hybridized carbons (Fsp3) is 0.458. The topological polar surface area (TPSA) is 66.5 Å². The Morgan fingerprint density at radius 3 is 2.26 bits per heavy atom. The predicted octanol–water partition coefficient (Wildman–Crippen LogP) is 4.79. The van der Waals surface area contributed by atoms with E-state index in [1.165, 1.54) is 21.0 Å². The summed E-state index contributed by atoms with van der Waals surface area (Å²) in [6, 6.07) is 11.6. The van der Waals surface area contributed by atoms with Crippen molar-refractivity contribution >= 4 is 31.9 Å². The number of piperidine rings is 1. The van der Waals surface area contributed by atoms with Crippen LogP contribution in [0.1, 0.15) is 53.6 Å². The van der Waals surface area contributed by atoms with Gasteiger partial charge >= 0.3 is 0 Å². The molecular formula is C24H31BrN2O3S. The van der Waals surface area contributed by atoms with Crippen LogP contribution in [0.25, 0.3) is 0 Å². The van der Waals surface area contributed by atoms with Crippen LogP contribution in [0.4, 0.5) is 0 Å². The molecule has 0 aliphatic carbocycles. The van der Waals surface area contributed by atoms with Gasteiger partial charge in [0, 0.05) is 23.5 Å². The first-order chi connectivity index (χ1) is 14.6. The van der Waals surface area contributed by atoms with Crippen molar-refractivity contribution in [2.24, 2.45) is 5.92 Å². The van der Waals surface area contributed by atoms with Gasteiger partial charge in [0.2, 0.25) is 15.9 Å². The smallest absolute Gasteiger partial charge is 0.223 e. The normalized spacial score (nSPS) is 16.8. The van der Waals surface area contributed by atoms with E-state index in [0.717, 1.165) is 15.6 Å². The molecule has 7 heteroatoms. The largest absolute Gasteiger partial charge is 0.349 e. The number of aryl methyl sites for hydroxylation is 3. The van der Waals surface area contributed by atoms with Crippen molar-refractivity contribution in [3.05, 3.63) is 68.7 Å². The van der Waals surface area contributed by atoms with Gasteiger partial charge in [0.25, 0.3) is 0 Å². The third-order valence-corrected chi connectivity index (χ3v) is 8.57. The Morgan fingerprint density at radius 1 is 1.06 bits per heavy atom. The minimum atomic E-state index is -3.39. The maximum atomic E-state index is 12.8. The number of carbonyl (C=O) groups is 1. The summed E-state index contributed by atoms with van der Waals surface area (Å²) in [6.45, 7) is 9.01. The molecule has 31 heavy (non-hydrogen) atoms. The zero-order chi connectivity index (χ0) is 22.8. The Balaban J connectivity index is 1.57. The lowest BCUT2D eigenvalue weighted by Gasteiger charge is -2.31. The zero-order valence-corrected chi connectivity index (χ0v) is 21.0. The summed E-state index contributed by atoms with van der Waals surface area (Å²) in [5, 5.41) is 3.14. The summed E-state index contributed by atoms with van der Waals surface area (Å²) in [6.07, 6.45) is 1.09. The van der Waals surface area contributed by atoms with Gasteiger partial charge in [-0.2, -0.15) is 0 Å². The number of carbonyl (C=O) groups excluding carboxylic acids is 1. The SMILES string of the molecule is Cc1cc(C)c([C@H](C)NC(=O)C2CCN(S(=O)(=O)Cc3ccc(Br)cc3)CC2)cc1C. The van der Waals surface area contributed by atoms with Gasteiger partial charge in [-0.3, -0.25) is 4.79 Å². The molecule has 1 N–H and O–H groups in total. The second-order valence-corrected chi connectivity index (χ2v) is 11.5. The van der Waals surface area contributed by atoms with Gasteiger partial charge in [-0.15, -0.1) is 0 Å². The van der Waals surface area contributed by atoms with E-state index >= 15 is 0 Å². The standard InChI is InChI=1S/C24H31BrN2O3S/c1-16-13-18(3)23(14-17(16)2)19(4)26-24(28)21-9-11-27(12-10-21)31(29,30)15-20-5-7-22(25)8-6-20/h5-8,13-14,19,21H,9-12,15H2,1-4H3,(H,26,28)/t19-/m0/s1. The molecule has 0 bridgehead atoms. The number of amides is 1. The average molecular weight is 507 g/mol. The van der Waals surface area contributed by atoms with Gasteiger partial charge in [-0.05, 0) is 80.5 Å². The average Bonchev–Trinajstić information content (AvgIpc) is 2.72. The number of rotatable bonds is 6. The molecule has 1 heterocycles. The summed E-state index contributed by atoms with van der Waals surface area (Å²) in [5.41, 5.74) is 5.53. The first-order valence-electron chi connectivity index (χ1n) is 10.7. The van der Waals surface area contributed by atoms with Crippen molar-refractivity contribution in [2.75, 3.05) is 13.1 Å². The minimum absolute atomic E-state index is 0.00934. The molecule has 0 saturated carbocycles. The maximum Gasteiger partial charge on any atom is 0.223 e. The van der Waals surface area contributed by atoms with E-state index in [1.54, 1.807) is 0 Å². The summed E-state index contributed by atoms with van der Waals surface area (Å²) >= 11 is 3.37. The molecule has 5 nitrogen and oxygen atoms in total. The maximum absolute atomic E-state index is 12.8. The monoisotopic (exact) mass is 506 g/mol.